The van der Waals surface area contributed by atoms with Crippen LogP contribution >= 0.6 is 0 Å². The van der Waals surface area contributed by atoms with Crippen LogP contribution in [0.3, 0.4) is 0 Å². The van der Waals surface area contributed by atoms with E-state index in [1.165, 1.54) is 0 Å². The summed E-state index contributed by atoms with van der Waals surface area (Å²) in [5, 5.41) is 5.12. The summed E-state index contributed by atoms with van der Waals surface area (Å²) in [6, 6.07) is 19.8. The molecule has 23 heavy (non-hydrogen) atoms. The van der Waals surface area contributed by atoms with Gasteiger partial charge in [-0.05, 0) is 60.0 Å². The fourth-order valence-electron chi connectivity index (χ4n) is 2.65. The van der Waals surface area contributed by atoms with E-state index in [-0.39, 0.29) is 12.5 Å². The highest BCUT2D eigenvalue weighted by Gasteiger charge is 2.05. The zero-order valence-electron chi connectivity index (χ0n) is 13.3. The van der Waals surface area contributed by atoms with E-state index in [4.69, 9.17) is 4.74 Å². The van der Waals surface area contributed by atoms with Gasteiger partial charge in [-0.3, -0.25) is 4.79 Å². The average Bonchev–Trinajstić information content (AvgIpc) is 2.52. The molecule has 0 saturated heterocycles. The minimum atomic E-state index is -0.164. The van der Waals surface area contributed by atoms with Gasteiger partial charge in [-0.25, -0.2) is 0 Å². The van der Waals surface area contributed by atoms with Gasteiger partial charge < -0.3 is 10.1 Å². The maximum Gasteiger partial charge on any atom is 0.262 e. The first-order chi connectivity index (χ1) is 11.1. The van der Waals surface area contributed by atoms with Crippen molar-refractivity contribution in [1.82, 2.24) is 0 Å². The van der Waals surface area contributed by atoms with Crippen molar-refractivity contribution < 1.29 is 9.53 Å². The molecule has 0 aliphatic rings. The first-order valence-electron chi connectivity index (χ1n) is 7.60. The number of nitrogens with one attached hydrogen (secondary N) is 1. The van der Waals surface area contributed by atoms with E-state index in [0.29, 0.717) is 5.75 Å². The van der Waals surface area contributed by atoms with E-state index >= 15 is 0 Å². The standard InChI is InChI=1S/C20H19NO2/c1-14-9-15(2)11-18(10-14)21-20(22)13-23-19-8-7-16-5-3-4-6-17(16)12-19/h3-12H,13H2,1-2H3,(H,21,22). The number of ether oxygens (including phenoxy) is 1. The highest BCUT2D eigenvalue weighted by molar-refractivity contribution is 5.92. The second-order valence-electron chi connectivity index (χ2n) is 5.72. The Morgan fingerprint density at radius 2 is 1.61 bits per heavy atom. The summed E-state index contributed by atoms with van der Waals surface area (Å²) in [6.45, 7) is 4.01. The van der Waals surface area contributed by atoms with Crippen LogP contribution in [-0.2, 0) is 4.79 Å². The molecule has 0 atom stereocenters. The van der Waals surface area contributed by atoms with Gasteiger partial charge in [-0.15, -0.1) is 0 Å². The van der Waals surface area contributed by atoms with Crippen LogP contribution < -0.4 is 10.1 Å². The van der Waals surface area contributed by atoms with E-state index in [1.54, 1.807) is 0 Å². The average molecular weight is 305 g/mol. The van der Waals surface area contributed by atoms with Crippen LogP contribution in [0.5, 0.6) is 5.75 Å². The number of amides is 1. The lowest BCUT2D eigenvalue weighted by atomic mass is 10.1. The summed E-state index contributed by atoms with van der Waals surface area (Å²) in [5.74, 6) is 0.530. The van der Waals surface area contributed by atoms with Gasteiger partial charge in [0, 0.05) is 5.69 Å². The van der Waals surface area contributed by atoms with E-state index in [2.05, 4.69) is 11.4 Å². The van der Waals surface area contributed by atoms with Gasteiger partial charge in [-0.2, -0.15) is 0 Å². The number of benzene rings is 3. The van der Waals surface area contributed by atoms with E-state index in [9.17, 15) is 4.79 Å². The Kier molecular flexibility index (Phi) is 4.29. The molecule has 0 aliphatic heterocycles. The van der Waals surface area contributed by atoms with Crippen LogP contribution in [0.25, 0.3) is 10.8 Å². The molecule has 3 nitrogen and oxygen atoms in total. The molecule has 0 aromatic heterocycles. The lowest BCUT2D eigenvalue weighted by Crippen LogP contribution is -2.20. The molecule has 0 saturated carbocycles. The predicted molar refractivity (Wildman–Crippen MR) is 94.0 cm³/mol. The second-order valence-corrected chi connectivity index (χ2v) is 5.72. The molecule has 0 spiro atoms. The van der Waals surface area contributed by atoms with Crippen LogP contribution in [0.15, 0.2) is 60.7 Å². The molecule has 1 amide bonds. The number of hydrogen-bond acceptors (Lipinski definition) is 2. The normalized spacial score (nSPS) is 10.5. The molecule has 3 heteroatoms. The summed E-state index contributed by atoms with van der Waals surface area (Å²) in [5.41, 5.74) is 3.04. The number of carbonyl (C=O) groups is 1. The minimum absolute atomic E-state index is 0.00860. The Morgan fingerprint density at radius 1 is 0.913 bits per heavy atom. The zero-order valence-corrected chi connectivity index (χ0v) is 13.3. The lowest BCUT2D eigenvalue weighted by Gasteiger charge is -2.09. The number of aryl methyl sites for hydroxylation is 2. The van der Waals surface area contributed by atoms with E-state index in [1.807, 2.05) is 68.4 Å². The molecular weight excluding hydrogens is 286 g/mol. The quantitative estimate of drug-likeness (QED) is 0.772. The molecule has 116 valence electrons. The van der Waals surface area contributed by atoms with Crippen molar-refractivity contribution >= 4 is 22.4 Å². The maximum absolute atomic E-state index is 12.0. The summed E-state index contributed by atoms with van der Waals surface area (Å²) in [7, 11) is 0. The van der Waals surface area contributed by atoms with Crippen LogP contribution in [0.4, 0.5) is 5.69 Å². The molecule has 0 aliphatic carbocycles. The third-order valence-electron chi connectivity index (χ3n) is 3.60. The molecule has 3 aromatic rings. The number of carbonyl (C=O) groups excluding carboxylic acids is 1. The smallest absolute Gasteiger partial charge is 0.262 e. The Hall–Kier alpha value is -2.81. The van der Waals surface area contributed by atoms with Gasteiger partial charge in [0.25, 0.3) is 5.91 Å². The van der Waals surface area contributed by atoms with E-state index < -0.39 is 0 Å². The molecule has 0 fully saturated rings. The van der Waals surface area contributed by atoms with Crippen molar-refractivity contribution in [2.75, 3.05) is 11.9 Å². The summed E-state index contributed by atoms with van der Waals surface area (Å²) in [6.07, 6.45) is 0. The van der Waals surface area contributed by atoms with E-state index in [0.717, 1.165) is 27.6 Å². The van der Waals surface area contributed by atoms with Gasteiger partial charge in [-0.1, -0.05) is 36.4 Å². The molecule has 3 rings (SSSR count). The monoisotopic (exact) mass is 305 g/mol. The van der Waals surface area contributed by atoms with Crippen molar-refractivity contribution in [1.29, 1.82) is 0 Å². The van der Waals surface area contributed by atoms with Crippen molar-refractivity contribution in [3.05, 3.63) is 71.8 Å². The largest absolute Gasteiger partial charge is 0.484 e. The van der Waals surface area contributed by atoms with Crippen molar-refractivity contribution in [2.45, 2.75) is 13.8 Å². The van der Waals surface area contributed by atoms with Gasteiger partial charge >= 0.3 is 0 Å². The zero-order chi connectivity index (χ0) is 16.2. The Labute approximate surface area is 135 Å². The fourth-order valence-corrected chi connectivity index (χ4v) is 2.65. The lowest BCUT2D eigenvalue weighted by molar-refractivity contribution is -0.118. The summed E-state index contributed by atoms with van der Waals surface area (Å²) < 4.78 is 5.60. The van der Waals surface area contributed by atoms with Crippen LogP contribution in [-0.4, -0.2) is 12.5 Å². The highest BCUT2D eigenvalue weighted by atomic mass is 16.5. The van der Waals surface area contributed by atoms with Gasteiger partial charge in [0.1, 0.15) is 5.75 Å². The predicted octanol–water partition coefficient (Wildman–Crippen LogP) is 4.47. The van der Waals surface area contributed by atoms with Gasteiger partial charge in [0.2, 0.25) is 0 Å². The van der Waals surface area contributed by atoms with Gasteiger partial charge in [0.15, 0.2) is 6.61 Å². The number of hydrogen-bond donors (Lipinski definition) is 1. The van der Waals surface area contributed by atoms with Gasteiger partial charge in [0.05, 0.1) is 0 Å². The molecule has 0 heterocycles. The molecule has 0 unspecified atom stereocenters. The third-order valence-corrected chi connectivity index (χ3v) is 3.60. The number of rotatable bonds is 4. The number of fused-ring (bicyclic) bond motifs is 1. The molecular formula is C20H19NO2. The highest BCUT2D eigenvalue weighted by Crippen LogP contribution is 2.20. The summed E-state index contributed by atoms with van der Waals surface area (Å²) >= 11 is 0. The molecule has 1 N–H and O–H groups in total. The van der Waals surface area contributed by atoms with Crippen molar-refractivity contribution in [3.63, 3.8) is 0 Å². The first-order valence-corrected chi connectivity index (χ1v) is 7.60. The minimum Gasteiger partial charge on any atom is -0.484 e. The van der Waals surface area contributed by atoms with Crippen LogP contribution in [0.2, 0.25) is 0 Å². The topological polar surface area (TPSA) is 38.3 Å². The Bertz CT molecular complexity index is 835. The second kappa shape index (κ2) is 6.53. The Balaban J connectivity index is 1.63. The summed E-state index contributed by atoms with van der Waals surface area (Å²) in [4.78, 5) is 12.0. The third kappa shape index (κ3) is 3.89. The van der Waals surface area contributed by atoms with Crippen molar-refractivity contribution in [3.8, 4) is 5.75 Å². The SMILES string of the molecule is Cc1cc(C)cc(NC(=O)COc2ccc3ccccc3c2)c1. The van der Waals surface area contributed by atoms with Crippen LogP contribution in [0, 0.1) is 13.8 Å². The Morgan fingerprint density at radius 3 is 2.35 bits per heavy atom. The molecule has 0 bridgehead atoms. The van der Waals surface area contributed by atoms with Crippen molar-refractivity contribution in [2.24, 2.45) is 0 Å². The molecule has 3 aromatic carbocycles. The number of anilines is 1. The molecule has 0 radical (unpaired) electrons. The fraction of sp³-hybridized carbons (Fsp3) is 0.150. The first kappa shape index (κ1) is 15.1. The van der Waals surface area contributed by atoms with Crippen LogP contribution in [0.1, 0.15) is 11.1 Å². The maximum atomic E-state index is 12.0.